The molecule has 0 saturated heterocycles. The van der Waals surface area contributed by atoms with Gasteiger partial charge in [0.25, 0.3) is 11.8 Å². The number of rotatable bonds is 4. The Morgan fingerprint density at radius 3 is 2.32 bits per heavy atom. The number of carbonyl (C=O) groups is 2. The third-order valence-electron chi connectivity index (χ3n) is 3.63. The number of hydroxylamine groups is 1. The topological polar surface area (TPSA) is 91.3 Å². The van der Waals surface area contributed by atoms with Crippen LogP contribution < -0.4 is 10.8 Å². The van der Waals surface area contributed by atoms with Crippen molar-refractivity contribution in [2.24, 2.45) is 0 Å². The summed E-state index contributed by atoms with van der Waals surface area (Å²) in [6, 6.07) is 17.4. The van der Waals surface area contributed by atoms with E-state index in [1.807, 2.05) is 6.07 Å². The molecule has 25 heavy (non-hydrogen) atoms. The molecule has 0 aliphatic heterocycles. The second-order valence-corrected chi connectivity index (χ2v) is 5.29. The van der Waals surface area contributed by atoms with Crippen molar-refractivity contribution in [2.45, 2.75) is 0 Å². The molecule has 3 rings (SSSR count). The number of aromatic nitrogens is 1. The molecule has 1 heterocycles. The van der Waals surface area contributed by atoms with E-state index in [0.717, 1.165) is 11.1 Å². The highest BCUT2D eigenvalue weighted by Crippen LogP contribution is 2.21. The number of hydrogen-bond acceptors (Lipinski definition) is 4. The van der Waals surface area contributed by atoms with Gasteiger partial charge in [0.15, 0.2) is 0 Å². The SMILES string of the molecule is O=C(NO)c1ccc(-c2cccc(C(=O)Nc3cccnc3)c2)cc1. The number of nitrogens with zero attached hydrogens (tertiary/aromatic N) is 1. The first-order valence-corrected chi connectivity index (χ1v) is 7.54. The zero-order valence-corrected chi connectivity index (χ0v) is 13.1. The lowest BCUT2D eigenvalue weighted by atomic mass is 10.0. The molecule has 0 aliphatic carbocycles. The Hall–Kier alpha value is -3.51. The minimum absolute atomic E-state index is 0.230. The van der Waals surface area contributed by atoms with Gasteiger partial charge in [0.1, 0.15) is 0 Å². The van der Waals surface area contributed by atoms with Crippen molar-refractivity contribution in [3.8, 4) is 11.1 Å². The first kappa shape index (κ1) is 16.4. The van der Waals surface area contributed by atoms with E-state index in [2.05, 4.69) is 10.3 Å². The van der Waals surface area contributed by atoms with E-state index in [1.54, 1.807) is 72.5 Å². The molecule has 0 unspecified atom stereocenters. The van der Waals surface area contributed by atoms with E-state index in [-0.39, 0.29) is 5.91 Å². The van der Waals surface area contributed by atoms with E-state index in [4.69, 9.17) is 5.21 Å². The van der Waals surface area contributed by atoms with Crippen molar-refractivity contribution >= 4 is 17.5 Å². The van der Waals surface area contributed by atoms with Gasteiger partial charge in [0.05, 0.1) is 11.9 Å². The fourth-order valence-corrected chi connectivity index (χ4v) is 2.36. The van der Waals surface area contributed by atoms with Gasteiger partial charge in [-0.25, -0.2) is 5.48 Å². The predicted molar refractivity (Wildman–Crippen MR) is 93.3 cm³/mol. The van der Waals surface area contributed by atoms with Gasteiger partial charge < -0.3 is 5.32 Å². The third kappa shape index (κ3) is 3.88. The summed E-state index contributed by atoms with van der Waals surface area (Å²) in [5.74, 6) is -0.803. The second kappa shape index (κ2) is 7.37. The Balaban J connectivity index is 1.81. The summed E-state index contributed by atoms with van der Waals surface area (Å²) in [4.78, 5) is 27.7. The molecule has 6 heteroatoms. The van der Waals surface area contributed by atoms with Crippen molar-refractivity contribution in [1.82, 2.24) is 10.5 Å². The van der Waals surface area contributed by atoms with Crippen LogP contribution in [-0.2, 0) is 0 Å². The largest absolute Gasteiger partial charge is 0.321 e. The summed E-state index contributed by atoms with van der Waals surface area (Å²) < 4.78 is 0. The van der Waals surface area contributed by atoms with E-state index in [9.17, 15) is 9.59 Å². The van der Waals surface area contributed by atoms with Gasteiger partial charge in [-0.1, -0.05) is 24.3 Å². The zero-order valence-electron chi connectivity index (χ0n) is 13.1. The number of nitrogens with one attached hydrogen (secondary N) is 2. The Morgan fingerprint density at radius 2 is 1.64 bits per heavy atom. The molecule has 0 bridgehead atoms. The summed E-state index contributed by atoms with van der Waals surface area (Å²) in [5.41, 5.74) is 4.76. The lowest BCUT2D eigenvalue weighted by molar-refractivity contribution is 0.0706. The smallest absolute Gasteiger partial charge is 0.274 e. The average Bonchev–Trinajstić information content (AvgIpc) is 2.68. The van der Waals surface area contributed by atoms with Crippen LogP contribution in [0.1, 0.15) is 20.7 Å². The lowest BCUT2D eigenvalue weighted by Crippen LogP contribution is -2.18. The van der Waals surface area contributed by atoms with Gasteiger partial charge in [-0.2, -0.15) is 0 Å². The molecule has 3 N–H and O–H groups in total. The number of pyridine rings is 1. The Bertz CT molecular complexity index is 893. The van der Waals surface area contributed by atoms with Crippen molar-refractivity contribution in [2.75, 3.05) is 5.32 Å². The van der Waals surface area contributed by atoms with Crippen molar-refractivity contribution in [3.05, 3.63) is 84.2 Å². The number of hydrogen-bond donors (Lipinski definition) is 3. The van der Waals surface area contributed by atoms with Crippen LogP contribution in [0, 0.1) is 0 Å². The molecule has 1 aromatic heterocycles. The van der Waals surface area contributed by atoms with Crippen LogP contribution >= 0.6 is 0 Å². The molecule has 0 radical (unpaired) electrons. The zero-order chi connectivity index (χ0) is 17.6. The summed E-state index contributed by atoms with van der Waals surface area (Å²) in [6.45, 7) is 0. The van der Waals surface area contributed by atoms with E-state index < -0.39 is 5.91 Å². The molecular formula is C19H15N3O3. The van der Waals surface area contributed by atoms with Gasteiger partial charge >= 0.3 is 0 Å². The average molecular weight is 333 g/mol. The van der Waals surface area contributed by atoms with Crippen molar-refractivity contribution in [3.63, 3.8) is 0 Å². The highest BCUT2D eigenvalue weighted by Gasteiger charge is 2.09. The lowest BCUT2D eigenvalue weighted by Gasteiger charge is -2.07. The summed E-state index contributed by atoms with van der Waals surface area (Å²) in [7, 11) is 0. The fourth-order valence-electron chi connectivity index (χ4n) is 2.36. The fraction of sp³-hybridized carbons (Fsp3) is 0. The van der Waals surface area contributed by atoms with Gasteiger partial charge in [-0.3, -0.25) is 19.8 Å². The predicted octanol–water partition coefficient (Wildman–Crippen LogP) is 3.12. The van der Waals surface area contributed by atoms with E-state index in [0.29, 0.717) is 16.8 Å². The van der Waals surface area contributed by atoms with Gasteiger partial charge in [-0.15, -0.1) is 0 Å². The first-order chi connectivity index (χ1) is 12.2. The molecule has 0 saturated carbocycles. The van der Waals surface area contributed by atoms with E-state index in [1.165, 1.54) is 0 Å². The highest BCUT2D eigenvalue weighted by atomic mass is 16.5. The van der Waals surface area contributed by atoms with Gasteiger partial charge in [0.2, 0.25) is 0 Å². The molecule has 2 amide bonds. The summed E-state index contributed by atoms with van der Waals surface area (Å²) in [6.07, 6.45) is 3.21. The van der Waals surface area contributed by atoms with Gasteiger partial charge in [-0.05, 0) is 47.5 Å². The molecule has 124 valence electrons. The number of carbonyl (C=O) groups excluding carboxylic acids is 2. The molecule has 0 aliphatic rings. The summed E-state index contributed by atoms with van der Waals surface area (Å²) >= 11 is 0. The molecule has 0 spiro atoms. The minimum Gasteiger partial charge on any atom is -0.321 e. The molecule has 0 fully saturated rings. The van der Waals surface area contributed by atoms with Crippen LogP contribution in [0.3, 0.4) is 0 Å². The Kier molecular flexibility index (Phi) is 4.82. The Labute approximate surface area is 144 Å². The molecule has 0 atom stereocenters. The molecule has 6 nitrogen and oxygen atoms in total. The molecular weight excluding hydrogens is 318 g/mol. The third-order valence-corrected chi connectivity index (χ3v) is 3.63. The minimum atomic E-state index is -0.573. The Morgan fingerprint density at radius 1 is 0.840 bits per heavy atom. The van der Waals surface area contributed by atoms with Crippen LogP contribution in [0.15, 0.2) is 73.1 Å². The van der Waals surface area contributed by atoms with E-state index >= 15 is 0 Å². The first-order valence-electron chi connectivity index (χ1n) is 7.54. The number of amides is 2. The quantitative estimate of drug-likeness (QED) is 0.505. The second-order valence-electron chi connectivity index (χ2n) is 5.29. The van der Waals surface area contributed by atoms with Crippen LogP contribution in [0.5, 0.6) is 0 Å². The normalized spacial score (nSPS) is 10.1. The highest BCUT2D eigenvalue weighted by molar-refractivity contribution is 6.04. The maximum atomic E-state index is 12.4. The number of benzene rings is 2. The molecule has 2 aromatic carbocycles. The standard InChI is InChI=1S/C19H15N3O3/c23-18(21-17-5-2-10-20-12-17)16-4-1-3-15(11-16)13-6-8-14(9-7-13)19(24)22-25/h1-12,25H,(H,21,23)(H,22,24). The van der Waals surface area contributed by atoms with Crippen LogP contribution in [0.25, 0.3) is 11.1 Å². The molecule has 3 aromatic rings. The maximum absolute atomic E-state index is 12.4. The maximum Gasteiger partial charge on any atom is 0.274 e. The van der Waals surface area contributed by atoms with Crippen molar-refractivity contribution < 1.29 is 14.8 Å². The van der Waals surface area contributed by atoms with Crippen LogP contribution in [0.2, 0.25) is 0 Å². The monoisotopic (exact) mass is 333 g/mol. The number of anilines is 1. The van der Waals surface area contributed by atoms with Crippen LogP contribution in [-0.4, -0.2) is 22.0 Å². The van der Waals surface area contributed by atoms with Crippen molar-refractivity contribution in [1.29, 1.82) is 0 Å². The van der Waals surface area contributed by atoms with Crippen LogP contribution in [0.4, 0.5) is 5.69 Å². The van der Waals surface area contributed by atoms with Gasteiger partial charge in [0, 0.05) is 17.3 Å². The summed E-state index contributed by atoms with van der Waals surface area (Å²) in [5, 5.41) is 11.4.